The first kappa shape index (κ1) is 22.7. The summed E-state index contributed by atoms with van der Waals surface area (Å²) in [5.74, 6) is -2.04. The number of benzene rings is 2. The van der Waals surface area contributed by atoms with Gasteiger partial charge in [0.1, 0.15) is 21.3 Å². The lowest BCUT2D eigenvalue weighted by molar-refractivity contribution is 0.0599. The molecule has 13 heteroatoms. The maximum absolute atomic E-state index is 13.2. The number of carbonyl (C=O) groups excluding carboxylic acids is 1. The highest BCUT2D eigenvalue weighted by Crippen LogP contribution is 3.02. The van der Waals surface area contributed by atoms with Gasteiger partial charge in [0.15, 0.2) is 9.84 Å². The van der Waals surface area contributed by atoms with Crippen molar-refractivity contribution in [1.29, 1.82) is 0 Å². The molecule has 0 bridgehead atoms. The number of hydrogen-bond acceptors (Lipinski definition) is 6. The minimum Gasteiger partial charge on any atom is -0.465 e. The predicted molar refractivity (Wildman–Crippen MR) is 98.0 cm³/mol. The van der Waals surface area contributed by atoms with E-state index in [1.54, 1.807) is 0 Å². The second-order valence-corrected chi connectivity index (χ2v) is 10.5. The van der Waals surface area contributed by atoms with Gasteiger partial charge in [-0.3, -0.25) is 0 Å². The minimum absolute atomic E-state index is 0.00744. The Labute approximate surface area is 163 Å². The number of hydrogen-bond donors (Lipinski definition) is 1. The molecule has 0 unspecified atom stereocenters. The maximum atomic E-state index is 13.2. The summed E-state index contributed by atoms with van der Waals surface area (Å²) >= 11 is 0. The third-order valence-electron chi connectivity index (χ3n) is 3.72. The number of nitrogen functional groups attached to an aromatic ring is 1. The average molecular weight is 461 g/mol. The molecule has 0 fully saturated rings. The maximum Gasteiger partial charge on any atom is 0.338 e. The molecule has 0 aliphatic carbocycles. The number of methoxy groups -OCH3 is 1. The molecule has 2 aromatic rings. The van der Waals surface area contributed by atoms with E-state index in [0.717, 1.165) is 31.6 Å². The summed E-state index contributed by atoms with van der Waals surface area (Å²) in [6, 6.07) is 3.43. The van der Waals surface area contributed by atoms with Gasteiger partial charge in [0.2, 0.25) is 0 Å². The van der Waals surface area contributed by atoms with Gasteiger partial charge in [-0.2, -0.15) is 0 Å². The van der Waals surface area contributed by atoms with Gasteiger partial charge in [-0.05, 0) is 36.8 Å². The van der Waals surface area contributed by atoms with E-state index < -0.39 is 53.0 Å². The zero-order valence-corrected chi connectivity index (χ0v) is 16.8. The Bertz CT molecular complexity index is 1120. The number of esters is 1. The molecule has 2 rings (SSSR count). The summed E-state index contributed by atoms with van der Waals surface area (Å²) in [5, 5.41) is 0. The Morgan fingerprint density at radius 3 is 2.14 bits per heavy atom. The van der Waals surface area contributed by atoms with Crippen LogP contribution in [0.5, 0.6) is 11.5 Å². The molecular weight excluding hydrogens is 445 g/mol. The van der Waals surface area contributed by atoms with E-state index in [-0.39, 0.29) is 17.2 Å². The summed E-state index contributed by atoms with van der Waals surface area (Å²) in [6.07, 6.45) is 0.773. The SMILES string of the molecule is COC(=O)c1cc(S(C)(=O)=O)c(Oc2ccc(N)c(S(F)(F)(F)(F)F)c2)cc1C. The molecule has 0 heterocycles. The minimum atomic E-state index is -10.1. The Morgan fingerprint density at radius 1 is 1.07 bits per heavy atom. The molecule has 2 aromatic carbocycles. The lowest BCUT2D eigenvalue weighted by atomic mass is 10.1. The molecule has 0 radical (unpaired) electrons. The van der Waals surface area contributed by atoms with Crippen LogP contribution in [0.1, 0.15) is 15.9 Å². The van der Waals surface area contributed by atoms with Crippen LogP contribution in [0, 0.1) is 6.92 Å². The van der Waals surface area contributed by atoms with Crippen LogP contribution in [0.15, 0.2) is 40.1 Å². The number of anilines is 1. The molecule has 6 nitrogen and oxygen atoms in total. The molecule has 0 atom stereocenters. The molecule has 29 heavy (non-hydrogen) atoms. The highest BCUT2D eigenvalue weighted by atomic mass is 32.5. The van der Waals surface area contributed by atoms with Crippen molar-refractivity contribution in [3.8, 4) is 11.5 Å². The van der Waals surface area contributed by atoms with Gasteiger partial charge >= 0.3 is 16.2 Å². The van der Waals surface area contributed by atoms with Crippen LogP contribution >= 0.6 is 10.2 Å². The van der Waals surface area contributed by atoms with Gasteiger partial charge in [0, 0.05) is 12.3 Å². The highest BCUT2D eigenvalue weighted by Gasteiger charge is 2.66. The first-order chi connectivity index (χ1) is 12.8. The van der Waals surface area contributed by atoms with Crippen molar-refractivity contribution in [2.75, 3.05) is 19.1 Å². The van der Waals surface area contributed by atoms with Crippen LogP contribution in [0.2, 0.25) is 0 Å². The average Bonchev–Trinajstić information content (AvgIpc) is 2.52. The van der Waals surface area contributed by atoms with Crippen molar-refractivity contribution in [3.05, 3.63) is 41.5 Å². The van der Waals surface area contributed by atoms with E-state index in [2.05, 4.69) is 4.74 Å². The molecule has 2 N–H and O–H groups in total. The summed E-state index contributed by atoms with van der Waals surface area (Å²) in [5.41, 5.74) is 3.91. The number of nitrogens with two attached hydrogens (primary N) is 1. The Morgan fingerprint density at radius 2 is 1.66 bits per heavy atom. The summed E-state index contributed by atoms with van der Waals surface area (Å²) in [4.78, 5) is 8.87. The van der Waals surface area contributed by atoms with Crippen LogP contribution in [0.25, 0.3) is 0 Å². The molecule has 0 amide bonds. The van der Waals surface area contributed by atoms with E-state index in [9.17, 15) is 32.6 Å². The lowest BCUT2D eigenvalue weighted by Gasteiger charge is -2.41. The number of aryl methyl sites for hydroxylation is 1. The van der Waals surface area contributed by atoms with Gasteiger partial charge in [-0.25, -0.2) is 13.2 Å². The molecular formula is C16H16F5NO5S2. The fraction of sp³-hybridized carbons (Fsp3) is 0.188. The Balaban J connectivity index is 2.67. The van der Waals surface area contributed by atoms with Crippen molar-refractivity contribution in [3.63, 3.8) is 0 Å². The van der Waals surface area contributed by atoms with Gasteiger partial charge < -0.3 is 15.2 Å². The topological polar surface area (TPSA) is 95.7 Å². The highest BCUT2D eigenvalue weighted by molar-refractivity contribution is 8.45. The van der Waals surface area contributed by atoms with Crippen LogP contribution in [0.3, 0.4) is 0 Å². The Kier molecular flexibility index (Phi) is 4.88. The number of halogens is 5. The van der Waals surface area contributed by atoms with Crippen LogP contribution in [0.4, 0.5) is 25.1 Å². The van der Waals surface area contributed by atoms with E-state index in [1.807, 2.05) is 0 Å². The number of sulfone groups is 1. The predicted octanol–water partition coefficient (Wildman–Crippen LogP) is 5.22. The molecule has 0 spiro atoms. The van der Waals surface area contributed by atoms with E-state index in [1.165, 1.54) is 6.92 Å². The molecule has 0 aliphatic rings. The Hall–Kier alpha value is -2.54. The van der Waals surface area contributed by atoms with Crippen LogP contribution in [-0.4, -0.2) is 27.8 Å². The molecule has 0 aliphatic heterocycles. The van der Waals surface area contributed by atoms with Crippen LogP contribution < -0.4 is 10.5 Å². The van der Waals surface area contributed by atoms with Gasteiger partial charge in [0.25, 0.3) is 0 Å². The molecule has 0 saturated heterocycles. The molecule has 0 saturated carbocycles. The van der Waals surface area contributed by atoms with E-state index in [4.69, 9.17) is 10.5 Å². The van der Waals surface area contributed by atoms with Gasteiger partial charge in [0.05, 0.1) is 18.4 Å². The fourth-order valence-electron chi connectivity index (χ4n) is 2.40. The van der Waals surface area contributed by atoms with Crippen molar-refractivity contribution >= 4 is 31.7 Å². The third kappa shape index (κ3) is 5.09. The fourth-order valence-corrected chi connectivity index (χ4v) is 4.05. The summed E-state index contributed by atoms with van der Waals surface area (Å²) in [7, 11) is -13.1. The van der Waals surface area contributed by atoms with Crippen LogP contribution in [-0.2, 0) is 14.6 Å². The molecule has 162 valence electrons. The van der Waals surface area contributed by atoms with E-state index in [0.29, 0.717) is 6.07 Å². The van der Waals surface area contributed by atoms with Crippen molar-refractivity contribution in [2.45, 2.75) is 16.7 Å². The number of carbonyl (C=O) groups is 1. The standard InChI is InChI=1S/C16H16F5NO5S2/c1-9-6-13(14(28(3,24)25)8-11(9)16(23)26-2)27-10-4-5-12(22)15(7-10)29(17,18,19,20)21/h4-8H,22H2,1-3H3. The number of rotatable bonds is 5. The smallest absolute Gasteiger partial charge is 0.338 e. The zero-order chi connectivity index (χ0) is 22.5. The second-order valence-electron chi connectivity index (χ2n) is 6.15. The summed E-state index contributed by atoms with van der Waals surface area (Å²) in [6.45, 7) is 1.40. The lowest BCUT2D eigenvalue weighted by Crippen LogP contribution is -2.10. The third-order valence-corrected chi connectivity index (χ3v) is 6.03. The second kappa shape index (κ2) is 6.23. The van der Waals surface area contributed by atoms with Crippen molar-refractivity contribution in [1.82, 2.24) is 0 Å². The van der Waals surface area contributed by atoms with Crippen molar-refractivity contribution in [2.24, 2.45) is 0 Å². The summed E-state index contributed by atoms with van der Waals surface area (Å²) < 4.78 is 99.6. The van der Waals surface area contributed by atoms with Gasteiger partial charge in [-0.1, -0.05) is 19.4 Å². The first-order valence-electron chi connectivity index (χ1n) is 7.58. The van der Waals surface area contributed by atoms with E-state index >= 15 is 0 Å². The first-order valence-corrected chi connectivity index (χ1v) is 11.4. The normalized spacial score (nSPS) is 14.6. The monoisotopic (exact) mass is 461 g/mol. The molecule has 0 aromatic heterocycles. The largest absolute Gasteiger partial charge is 0.465 e. The zero-order valence-electron chi connectivity index (χ0n) is 15.2. The number of ether oxygens (including phenoxy) is 2. The van der Waals surface area contributed by atoms with Crippen molar-refractivity contribution < 1.29 is 42.1 Å². The van der Waals surface area contributed by atoms with Gasteiger partial charge in [-0.15, -0.1) is 0 Å². The quantitative estimate of drug-likeness (QED) is 0.373.